The molecule has 1 aliphatic rings. The lowest BCUT2D eigenvalue weighted by molar-refractivity contribution is -0.384. The summed E-state index contributed by atoms with van der Waals surface area (Å²) in [6, 6.07) is 12.1. The fraction of sp³-hybridized carbons (Fsp3) is 0.190. The van der Waals surface area contributed by atoms with Crippen LogP contribution in [0.5, 0.6) is 0 Å². The lowest BCUT2D eigenvalue weighted by Crippen LogP contribution is -2.29. The standard InChI is InChI=1S/C21H18N4O5/c1-3-30-21(27)13-7-9-15(10-8-13)24-19(14-5-4-6-16(11-14)25(28)29)17-12(2)22-23-18(17)20(24)26/h4-11,19H,3H2,1-2H3,(H,22,23)/t19-/m0/s1. The molecule has 9 nitrogen and oxygen atoms in total. The van der Waals surface area contributed by atoms with Gasteiger partial charge in [-0.1, -0.05) is 12.1 Å². The van der Waals surface area contributed by atoms with Crippen LogP contribution >= 0.6 is 0 Å². The van der Waals surface area contributed by atoms with E-state index in [-0.39, 0.29) is 23.9 Å². The Morgan fingerprint density at radius 1 is 1.27 bits per heavy atom. The second-order valence-electron chi connectivity index (χ2n) is 6.81. The number of hydrogen-bond acceptors (Lipinski definition) is 6. The van der Waals surface area contributed by atoms with E-state index in [0.717, 1.165) is 0 Å². The highest BCUT2D eigenvalue weighted by Gasteiger charge is 2.42. The predicted octanol–water partition coefficient (Wildman–Crippen LogP) is 3.55. The Hall–Kier alpha value is -4.01. The maximum Gasteiger partial charge on any atom is 0.338 e. The van der Waals surface area contributed by atoms with Crippen LogP contribution < -0.4 is 4.90 Å². The number of nitro benzene ring substituents is 1. The molecule has 1 aliphatic heterocycles. The van der Waals surface area contributed by atoms with Gasteiger partial charge < -0.3 is 4.74 Å². The van der Waals surface area contributed by atoms with Gasteiger partial charge in [-0.15, -0.1) is 0 Å². The van der Waals surface area contributed by atoms with Crippen molar-refractivity contribution in [3.63, 3.8) is 0 Å². The van der Waals surface area contributed by atoms with Gasteiger partial charge in [0, 0.05) is 29.1 Å². The van der Waals surface area contributed by atoms with Gasteiger partial charge in [0.2, 0.25) is 0 Å². The number of aryl methyl sites for hydroxylation is 1. The summed E-state index contributed by atoms with van der Waals surface area (Å²) in [5.74, 6) is -0.772. The number of non-ortho nitro benzene ring substituents is 1. The number of carbonyl (C=O) groups is 2. The number of ether oxygens (including phenoxy) is 1. The highest BCUT2D eigenvalue weighted by molar-refractivity contribution is 6.10. The third-order valence-electron chi connectivity index (χ3n) is 5.00. The van der Waals surface area contributed by atoms with E-state index in [1.54, 1.807) is 50.2 Å². The zero-order chi connectivity index (χ0) is 21.4. The van der Waals surface area contributed by atoms with Gasteiger partial charge in [-0.05, 0) is 43.7 Å². The Bertz CT molecular complexity index is 1150. The molecule has 30 heavy (non-hydrogen) atoms. The van der Waals surface area contributed by atoms with Gasteiger partial charge in [0.05, 0.1) is 23.1 Å². The molecule has 9 heteroatoms. The van der Waals surface area contributed by atoms with Crippen molar-refractivity contribution in [2.45, 2.75) is 19.9 Å². The molecule has 0 saturated carbocycles. The van der Waals surface area contributed by atoms with E-state index in [2.05, 4.69) is 10.2 Å². The lowest BCUT2D eigenvalue weighted by Gasteiger charge is -2.26. The minimum absolute atomic E-state index is 0.0628. The Morgan fingerprint density at radius 3 is 2.67 bits per heavy atom. The molecule has 3 aromatic rings. The number of rotatable bonds is 5. The first kappa shape index (κ1) is 19.3. The molecule has 0 fully saturated rings. The number of nitrogens with zero attached hydrogens (tertiary/aromatic N) is 3. The molecule has 1 amide bonds. The van der Waals surface area contributed by atoms with Crippen LogP contribution in [0.3, 0.4) is 0 Å². The molecule has 2 aromatic carbocycles. The highest BCUT2D eigenvalue weighted by atomic mass is 16.6. The number of hydrogen-bond donors (Lipinski definition) is 1. The lowest BCUT2D eigenvalue weighted by atomic mass is 9.98. The van der Waals surface area contributed by atoms with Crippen molar-refractivity contribution in [1.82, 2.24) is 10.2 Å². The third kappa shape index (κ3) is 3.10. The van der Waals surface area contributed by atoms with Crippen molar-refractivity contribution >= 4 is 23.3 Å². The van der Waals surface area contributed by atoms with E-state index in [1.165, 1.54) is 17.0 Å². The Labute approximate surface area is 171 Å². The molecule has 0 bridgehead atoms. The monoisotopic (exact) mass is 406 g/mol. The van der Waals surface area contributed by atoms with E-state index in [9.17, 15) is 19.7 Å². The number of anilines is 1. The normalized spacial score (nSPS) is 15.2. The first-order valence-corrected chi connectivity index (χ1v) is 9.32. The minimum atomic E-state index is -0.584. The topological polar surface area (TPSA) is 118 Å². The van der Waals surface area contributed by atoms with E-state index < -0.39 is 16.9 Å². The molecular formula is C21H18N4O5. The van der Waals surface area contributed by atoms with Crippen LogP contribution in [0.1, 0.15) is 50.6 Å². The van der Waals surface area contributed by atoms with Gasteiger partial charge in [0.1, 0.15) is 0 Å². The van der Waals surface area contributed by atoms with E-state index in [4.69, 9.17) is 4.74 Å². The summed E-state index contributed by atoms with van der Waals surface area (Å²) < 4.78 is 5.00. The zero-order valence-corrected chi connectivity index (χ0v) is 16.3. The summed E-state index contributed by atoms with van der Waals surface area (Å²) >= 11 is 0. The number of benzene rings is 2. The second kappa shape index (κ2) is 7.43. The molecule has 1 N–H and O–H groups in total. The van der Waals surface area contributed by atoms with Crippen LogP contribution in [0.15, 0.2) is 48.5 Å². The van der Waals surface area contributed by atoms with Crippen molar-refractivity contribution in [1.29, 1.82) is 0 Å². The molecule has 0 unspecified atom stereocenters. The second-order valence-corrected chi connectivity index (χ2v) is 6.81. The number of esters is 1. The number of nitrogens with one attached hydrogen (secondary N) is 1. The number of nitro groups is 1. The Kier molecular flexibility index (Phi) is 4.78. The van der Waals surface area contributed by atoms with Gasteiger partial charge in [0.15, 0.2) is 5.69 Å². The van der Waals surface area contributed by atoms with Crippen molar-refractivity contribution < 1.29 is 19.2 Å². The molecule has 0 spiro atoms. The number of fused-ring (bicyclic) bond motifs is 1. The van der Waals surface area contributed by atoms with Gasteiger partial charge >= 0.3 is 5.97 Å². The summed E-state index contributed by atoms with van der Waals surface area (Å²) in [4.78, 5) is 37.4. The molecular weight excluding hydrogens is 388 g/mol. The summed E-state index contributed by atoms with van der Waals surface area (Å²) in [5.41, 5.74) is 3.10. The van der Waals surface area contributed by atoms with Crippen molar-refractivity contribution in [3.05, 3.63) is 86.7 Å². The number of aromatic nitrogens is 2. The zero-order valence-electron chi connectivity index (χ0n) is 16.3. The maximum atomic E-state index is 13.2. The summed E-state index contributed by atoms with van der Waals surface area (Å²) in [6.07, 6.45) is 0. The molecule has 0 saturated heterocycles. The fourth-order valence-electron chi connectivity index (χ4n) is 3.66. The molecule has 2 heterocycles. The molecule has 0 radical (unpaired) electrons. The fourth-order valence-corrected chi connectivity index (χ4v) is 3.66. The van der Waals surface area contributed by atoms with Gasteiger partial charge in [-0.25, -0.2) is 4.79 Å². The largest absolute Gasteiger partial charge is 0.462 e. The number of H-pyrrole nitrogens is 1. The number of amides is 1. The SMILES string of the molecule is CCOC(=O)c1ccc(N2C(=O)c3n[nH]c(C)c3[C@@H]2c2cccc([N+](=O)[O-])c2)cc1. The van der Waals surface area contributed by atoms with E-state index in [1.807, 2.05) is 0 Å². The van der Waals surface area contributed by atoms with Crippen molar-refractivity contribution in [3.8, 4) is 0 Å². The van der Waals surface area contributed by atoms with Gasteiger partial charge in [-0.3, -0.25) is 24.9 Å². The van der Waals surface area contributed by atoms with Crippen molar-refractivity contribution in [2.75, 3.05) is 11.5 Å². The van der Waals surface area contributed by atoms with E-state index >= 15 is 0 Å². The number of aromatic amines is 1. The molecule has 1 atom stereocenters. The van der Waals surface area contributed by atoms with Gasteiger partial charge in [0.25, 0.3) is 11.6 Å². The molecule has 4 rings (SSSR count). The van der Waals surface area contributed by atoms with Crippen LogP contribution in [0.2, 0.25) is 0 Å². The van der Waals surface area contributed by atoms with Crippen LogP contribution in [-0.2, 0) is 4.74 Å². The quantitative estimate of drug-likeness (QED) is 0.393. The summed E-state index contributed by atoms with van der Waals surface area (Å²) in [6.45, 7) is 3.79. The third-order valence-corrected chi connectivity index (χ3v) is 5.00. The van der Waals surface area contributed by atoms with E-state index in [0.29, 0.717) is 28.1 Å². The predicted molar refractivity (Wildman–Crippen MR) is 107 cm³/mol. The average molecular weight is 406 g/mol. The van der Waals surface area contributed by atoms with Crippen LogP contribution in [-0.4, -0.2) is 33.6 Å². The average Bonchev–Trinajstić information content (AvgIpc) is 3.26. The molecule has 0 aliphatic carbocycles. The molecule has 152 valence electrons. The van der Waals surface area contributed by atoms with Crippen LogP contribution in [0.4, 0.5) is 11.4 Å². The summed E-state index contributed by atoms with van der Waals surface area (Å²) in [5, 5.41) is 18.2. The summed E-state index contributed by atoms with van der Waals surface area (Å²) in [7, 11) is 0. The number of carbonyl (C=O) groups excluding carboxylic acids is 2. The smallest absolute Gasteiger partial charge is 0.338 e. The van der Waals surface area contributed by atoms with Gasteiger partial charge in [-0.2, -0.15) is 5.10 Å². The van der Waals surface area contributed by atoms with Crippen LogP contribution in [0.25, 0.3) is 0 Å². The highest BCUT2D eigenvalue weighted by Crippen LogP contribution is 2.42. The first-order chi connectivity index (χ1) is 14.4. The molecule has 1 aromatic heterocycles. The Morgan fingerprint density at radius 2 is 2.00 bits per heavy atom. The van der Waals surface area contributed by atoms with Crippen LogP contribution in [0, 0.1) is 17.0 Å². The first-order valence-electron chi connectivity index (χ1n) is 9.32. The van der Waals surface area contributed by atoms with Crippen molar-refractivity contribution in [2.24, 2.45) is 0 Å². The Balaban J connectivity index is 1.80. The minimum Gasteiger partial charge on any atom is -0.462 e. The maximum absolute atomic E-state index is 13.2.